The Morgan fingerprint density at radius 2 is 1.75 bits per heavy atom. The van der Waals surface area contributed by atoms with Gasteiger partial charge in [-0.2, -0.15) is 0 Å². The summed E-state index contributed by atoms with van der Waals surface area (Å²) in [7, 11) is 0. The first-order valence-corrected chi connectivity index (χ1v) is 7.72. The first kappa shape index (κ1) is 15.3. The number of hydrogen-bond acceptors (Lipinski definition) is 3. The lowest BCUT2D eigenvalue weighted by molar-refractivity contribution is 0.116. The van der Waals surface area contributed by atoms with Gasteiger partial charge in [-0.3, -0.25) is 4.90 Å². The second-order valence-electron chi connectivity index (χ2n) is 6.18. The summed E-state index contributed by atoms with van der Waals surface area (Å²) in [5.41, 5.74) is 4.15. The molecule has 2 rings (SSSR count). The van der Waals surface area contributed by atoms with Crippen LogP contribution in [0.4, 0.5) is 5.69 Å². The highest BCUT2D eigenvalue weighted by molar-refractivity contribution is 5.56. The van der Waals surface area contributed by atoms with Crippen LogP contribution in [0.1, 0.15) is 31.4 Å². The quantitative estimate of drug-likeness (QED) is 0.915. The van der Waals surface area contributed by atoms with Crippen LogP contribution in [0.2, 0.25) is 0 Å². The van der Waals surface area contributed by atoms with Crippen molar-refractivity contribution in [3.05, 3.63) is 29.3 Å². The van der Waals surface area contributed by atoms with Crippen molar-refractivity contribution in [1.29, 1.82) is 0 Å². The summed E-state index contributed by atoms with van der Waals surface area (Å²) in [5.74, 6) is 0. The van der Waals surface area contributed by atoms with Crippen LogP contribution in [0, 0.1) is 13.8 Å². The van der Waals surface area contributed by atoms with Gasteiger partial charge in [-0.15, -0.1) is 0 Å². The van der Waals surface area contributed by atoms with E-state index in [0.29, 0.717) is 6.04 Å². The summed E-state index contributed by atoms with van der Waals surface area (Å²) in [6.45, 7) is 12.8. The fourth-order valence-corrected chi connectivity index (χ4v) is 3.12. The summed E-state index contributed by atoms with van der Waals surface area (Å²) in [4.78, 5) is 4.99. The number of nitrogens with zero attached hydrogens (tertiary/aromatic N) is 2. The van der Waals surface area contributed by atoms with Gasteiger partial charge in [0, 0.05) is 37.9 Å². The number of piperazine rings is 1. The average Bonchev–Trinajstić information content (AvgIpc) is 2.41. The minimum atomic E-state index is -0.206. The normalized spacial score (nSPS) is 19.9. The molecule has 3 nitrogen and oxygen atoms in total. The maximum Gasteiger partial charge on any atom is 0.0526 e. The van der Waals surface area contributed by atoms with Crippen LogP contribution in [0.3, 0.4) is 0 Å². The van der Waals surface area contributed by atoms with Gasteiger partial charge < -0.3 is 10.0 Å². The molecule has 0 bridgehead atoms. The second kappa shape index (κ2) is 6.59. The zero-order valence-electron chi connectivity index (χ0n) is 13.3. The highest BCUT2D eigenvalue weighted by atomic mass is 16.3. The van der Waals surface area contributed by atoms with Gasteiger partial charge in [0.05, 0.1) is 6.10 Å². The number of rotatable bonds is 4. The number of anilines is 1. The smallest absolute Gasteiger partial charge is 0.0526 e. The van der Waals surface area contributed by atoms with Gasteiger partial charge in [0.1, 0.15) is 0 Å². The molecule has 0 radical (unpaired) electrons. The van der Waals surface area contributed by atoms with Crippen molar-refractivity contribution in [3.63, 3.8) is 0 Å². The largest absolute Gasteiger partial charge is 0.393 e. The molecule has 2 atom stereocenters. The van der Waals surface area contributed by atoms with Crippen LogP contribution in [-0.4, -0.2) is 48.3 Å². The summed E-state index contributed by atoms with van der Waals surface area (Å²) in [6, 6.07) is 7.03. The fourth-order valence-electron chi connectivity index (χ4n) is 3.12. The highest BCUT2D eigenvalue weighted by Gasteiger charge is 2.22. The number of aliphatic hydroxyl groups excluding tert-OH is 1. The first-order chi connectivity index (χ1) is 9.49. The molecule has 1 saturated heterocycles. The zero-order chi connectivity index (χ0) is 14.7. The Labute approximate surface area is 123 Å². The molecule has 0 amide bonds. The van der Waals surface area contributed by atoms with Gasteiger partial charge in [0.25, 0.3) is 0 Å². The lowest BCUT2D eigenvalue weighted by Crippen LogP contribution is -2.50. The molecule has 1 aromatic carbocycles. The molecule has 1 heterocycles. The van der Waals surface area contributed by atoms with Gasteiger partial charge in [-0.1, -0.05) is 12.1 Å². The van der Waals surface area contributed by atoms with Gasteiger partial charge in [0.2, 0.25) is 0 Å². The van der Waals surface area contributed by atoms with E-state index in [1.807, 2.05) is 6.92 Å². The molecule has 3 heteroatoms. The predicted octanol–water partition coefficient (Wildman–Crippen LogP) is 2.58. The van der Waals surface area contributed by atoms with E-state index in [2.05, 4.69) is 48.8 Å². The molecule has 1 aromatic rings. The summed E-state index contributed by atoms with van der Waals surface area (Å²) in [6.07, 6.45) is 0.658. The monoisotopic (exact) mass is 276 g/mol. The third-order valence-electron chi connectivity index (χ3n) is 4.54. The number of benzene rings is 1. The van der Waals surface area contributed by atoms with Crippen LogP contribution in [0.5, 0.6) is 0 Å². The van der Waals surface area contributed by atoms with E-state index in [1.54, 1.807) is 0 Å². The number of hydrogen-bond donors (Lipinski definition) is 1. The van der Waals surface area contributed by atoms with Crippen molar-refractivity contribution in [3.8, 4) is 0 Å². The third-order valence-corrected chi connectivity index (χ3v) is 4.54. The molecular weight excluding hydrogens is 248 g/mol. The van der Waals surface area contributed by atoms with Crippen LogP contribution >= 0.6 is 0 Å². The maximum absolute atomic E-state index is 9.51. The number of aliphatic hydroxyl groups is 1. The van der Waals surface area contributed by atoms with Crippen molar-refractivity contribution in [2.75, 3.05) is 31.1 Å². The fraction of sp³-hybridized carbons (Fsp3) is 0.647. The maximum atomic E-state index is 9.51. The molecular formula is C17H28N2O. The zero-order valence-corrected chi connectivity index (χ0v) is 13.3. The third kappa shape index (κ3) is 3.53. The molecule has 2 unspecified atom stereocenters. The average molecular weight is 276 g/mol. The molecule has 0 spiro atoms. The minimum Gasteiger partial charge on any atom is -0.393 e. The highest BCUT2D eigenvalue weighted by Crippen LogP contribution is 2.24. The van der Waals surface area contributed by atoms with E-state index in [1.165, 1.54) is 16.8 Å². The van der Waals surface area contributed by atoms with Gasteiger partial charge in [-0.05, 0) is 51.3 Å². The van der Waals surface area contributed by atoms with Gasteiger partial charge >= 0.3 is 0 Å². The standard InChI is InChI=1S/C17H28N2O/c1-13-6-5-7-17(16(13)4)19-10-8-18(9-11-19)14(2)12-15(3)20/h5-7,14-15,20H,8-12H2,1-4H3. The van der Waals surface area contributed by atoms with E-state index in [-0.39, 0.29) is 6.10 Å². The Hall–Kier alpha value is -1.06. The Balaban J connectivity index is 1.96. The van der Waals surface area contributed by atoms with E-state index in [4.69, 9.17) is 0 Å². The summed E-state index contributed by atoms with van der Waals surface area (Å²) in [5, 5.41) is 9.51. The molecule has 1 aliphatic heterocycles. The van der Waals surface area contributed by atoms with Crippen LogP contribution in [-0.2, 0) is 0 Å². The molecule has 0 saturated carbocycles. The van der Waals surface area contributed by atoms with Crippen molar-refractivity contribution in [2.45, 2.75) is 46.3 Å². The van der Waals surface area contributed by atoms with E-state index in [0.717, 1.165) is 32.6 Å². The van der Waals surface area contributed by atoms with Crippen LogP contribution in [0.15, 0.2) is 18.2 Å². The Morgan fingerprint density at radius 1 is 1.10 bits per heavy atom. The summed E-state index contributed by atoms with van der Waals surface area (Å²) < 4.78 is 0. The number of aryl methyl sites for hydroxylation is 1. The lowest BCUT2D eigenvalue weighted by Gasteiger charge is -2.40. The minimum absolute atomic E-state index is 0.206. The van der Waals surface area contributed by atoms with Crippen molar-refractivity contribution < 1.29 is 5.11 Å². The molecule has 1 fully saturated rings. The van der Waals surface area contributed by atoms with Crippen molar-refractivity contribution in [1.82, 2.24) is 4.90 Å². The van der Waals surface area contributed by atoms with Crippen molar-refractivity contribution >= 4 is 5.69 Å². The van der Waals surface area contributed by atoms with Crippen molar-refractivity contribution in [2.24, 2.45) is 0 Å². The molecule has 0 aliphatic carbocycles. The molecule has 112 valence electrons. The molecule has 0 aromatic heterocycles. The molecule has 20 heavy (non-hydrogen) atoms. The second-order valence-corrected chi connectivity index (χ2v) is 6.18. The van der Waals surface area contributed by atoms with E-state index >= 15 is 0 Å². The Bertz CT molecular complexity index is 437. The van der Waals surface area contributed by atoms with Gasteiger partial charge in [0.15, 0.2) is 0 Å². The van der Waals surface area contributed by atoms with E-state index in [9.17, 15) is 5.11 Å². The topological polar surface area (TPSA) is 26.7 Å². The van der Waals surface area contributed by atoms with Crippen LogP contribution in [0.25, 0.3) is 0 Å². The van der Waals surface area contributed by atoms with Crippen LogP contribution < -0.4 is 4.90 Å². The Morgan fingerprint density at radius 3 is 2.35 bits per heavy atom. The van der Waals surface area contributed by atoms with E-state index < -0.39 is 0 Å². The van der Waals surface area contributed by atoms with Gasteiger partial charge in [-0.25, -0.2) is 0 Å². The predicted molar refractivity (Wildman–Crippen MR) is 85.5 cm³/mol. The SMILES string of the molecule is Cc1cccc(N2CCN(C(C)CC(C)O)CC2)c1C. The molecule has 1 aliphatic rings. The molecule has 1 N–H and O–H groups in total. The first-order valence-electron chi connectivity index (χ1n) is 7.72. The summed E-state index contributed by atoms with van der Waals surface area (Å²) >= 11 is 0. The lowest BCUT2D eigenvalue weighted by atomic mass is 10.1. The Kier molecular flexibility index (Phi) is 5.06.